The first kappa shape index (κ1) is 18.5. The molecule has 0 saturated heterocycles. The molecule has 0 radical (unpaired) electrons. The average molecular weight is 348 g/mol. The molecular formula is C24H29NO. The third-order valence-electron chi connectivity index (χ3n) is 4.92. The molecule has 0 N–H and O–H groups in total. The van der Waals surface area contributed by atoms with Crippen molar-refractivity contribution in [2.45, 2.75) is 39.3 Å². The van der Waals surface area contributed by atoms with E-state index in [-0.39, 0.29) is 5.41 Å². The summed E-state index contributed by atoms with van der Waals surface area (Å²) in [6.45, 7) is 8.52. The van der Waals surface area contributed by atoms with Gasteiger partial charge in [0.25, 0.3) is 0 Å². The van der Waals surface area contributed by atoms with E-state index < -0.39 is 0 Å². The number of benzene rings is 3. The predicted octanol–water partition coefficient (Wildman–Crippen LogP) is 5.78. The standard InChI is InChI=1S/C24H29NO/c1-24(2,3)20-13-10-18(11-14-20)16-25(4)17-22-21-9-7-6-8-19(21)12-15-23(22)26-5/h6-15H,16-17H2,1-5H3. The molecule has 3 aromatic carbocycles. The SMILES string of the molecule is COc1ccc2ccccc2c1CN(C)Cc1ccc(C(C)(C)C)cc1. The monoisotopic (exact) mass is 347 g/mol. The molecular weight excluding hydrogens is 318 g/mol. The van der Waals surface area contributed by atoms with Gasteiger partial charge in [-0.05, 0) is 40.4 Å². The maximum atomic E-state index is 5.63. The Bertz CT molecular complexity index is 875. The van der Waals surface area contributed by atoms with Gasteiger partial charge in [-0.3, -0.25) is 4.90 Å². The maximum absolute atomic E-state index is 5.63. The van der Waals surface area contributed by atoms with Gasteiger partial charge in [-0.25, -0.2) is 0 Å². The summed E-state index contributed by atoms with van der Waals surface area (Å²) in [4.78, 5) is 2.34. The molecule has 0 bridgehead atoms. The summed E-state index contributed by atoms with van der Waals surface area (Å²) in [6, 6.07) is 21.7. The number of hydrogen-bond donors (Lipinski definition) is 0. The molecule has 2 nitrogen and oxygen atoms in total. The lowest BCUT2D eigenvalue weighted by Crippen LogP contribution is -2.18. The van der Waals surface area contributed by atoms with E-state index in [0.717, 1.165) is 18.8 Å². The molecule has 0 aliphatic carbocycles. The second kappa shape index (κ2) is 7.51. The minimum absolute atomic E-state index is 0.195. The van der Waals surface area contributed by atoms with Gasteiger partial charge in [0, 0.05) is 18.7 Å². The summed E-state index contributed by atoms with van der Waals surface area (Å²) in [6.07, 6.45) is 0. The van der Waals surface area contributed by atoms with E-state index in [1.165, 1.54) is 27.5 Å². The molecule has 0 spiro atoms. The van der Waals surface area contributed by atoms with Crippen LogP contribution in [0.25, 0.3) is 10.8 Å². The highest BCUT2D eigenvalue weighted by atomic mass is 16.5. The van der Waals surface area contributed by atoms with Crippen LogP contribution >= 0.6 is 0 Å². The Morgan fingerprint density at radius 1 is 0.846 bits per heavy atom. The Kier molecular flexibility index (Phi) is 5.33. The van der Waals surface area contributed by atoms with E-state index in [1.54, 1.807) is 7.11 Å². The van der Waals surface area contributed by atoms with E-state index in [1.807, 2.05) is 0 Å². The van der Waals surface area contributed by atoms with E-state index in [4.69, 9.17) is 4.74 Å². The minimum Gasteiger partial charge on any atom is -0.496 e. The molecule has 3 rings (SSSR count). The third kappa shape index (κ3) is 4.08. The molecule has 0 aromatic heterocycles. The van der Waals surface area contributed by atoms with Crippen LogP contribution in [0.1, 0.15) is 37.5 Å². The molecule has 0 atom stereocenters. The molecule has 0 heterocycles. The molecule has 2 heteroatoms. The summed E-state index contributed by atoms with van der Waals surface area (Å²) in [5.74, 6) is 0.957. The summed E-state index contributed by atoms with van der Waals surface area (Å²) in [7, 11) is 3.91. The Morgan fingerprint density at radius 2 is 1.54 bits per heavy atom. The van der Waals surface area contributed by atoms with Crippen LogP contribution in [-0.4, -0.2) is 19.1 Å². The van der Waals surface area contributed by atoms with Crippen LogP contribution in [0.3, 0.4) is 0 Å². The van der Waals surface area contributed by atoms with Crippen molar-refractivity contribution in [2.75, 3.05) is 14.2 Å². The normalized spacial score (nSPS) is 11.9. The summed E-state index contributed by atoms with van der Waals surface area (Å²) in [5.41, 5.74) is 4.15. The number of rotatable bonds is 5. The van der Waals surface area contributed by atoms with E-state index >= 15 is 0 Å². The zero-order valence-electron chi connectivity index (χ0n) is 16.5. The number of fused-ring (bicyclic) bond motifs is 1. The van der Waals surface area contributed by atoms with Crippen molar-refractivity contribution < 1.29 is 4.74 Å². The zero-order chi connectivity index (χ0) is 18.7. The summed E-state index contributed by atoms with van der Waals surface area (Å²) < 4.78 is 5.63. The van der Waals surface area contributed by atoms with Crippen molar-refractivity contribution in [2.24, 2.45) is 0 Å². The van der Waals surface area contributed by atoms with Crippen LogP contribution in [0.4, 0.5) is 0 Å². The van der Waals surface area contributed by atoms with Gasteiger partial charge in [0.05, 0.1) is 7.11 Å². The van der Waals surface area contributed by atoms with Crippen molar-refractivity contribution in [3.63, 3.8) is 0 Å². The minimum atomic E-state index is 0.195. The summed E-state index contributed by atoms with van der Waals surface area (Å²) in [5, 5.41) is 2.52. The highest BCUT2D eigenvalue weighted by molar-refractivity contribution is 5.87. The van der Waals surface area contributed by atoms with Gasteiger partial charge in [-0.2, -0.15) is 0 Å². The highest BCUT2D eigenvalue weighted by Gasteiger charge is 2.14. The number of nitrogens with zero attached hydrogens (tertiary/aromatic N) is 1. The highest BCUT2D eigenvalue weighted by Crippen LogP contribution is 2.29. The van der Waals surface area contributed by atoms with Gasteiger partial charge in [0.15, 0.2) is 0 Å². The van der Waals surface area contributed by atoms with Gasteiger partial charge >= 0.3 is 0 Å². The molecule has 3 aromatic rings. The van der Waals surface area contributed by atoms with E-state index in [9.17, 15) is 0 Å². The number of hydrogen-bond acceptors (Lipinski definition) is 2. The Morgan fingerprint density at radius 3 is 2.19 bits per heavy atom. The van der Waals surface area contributed by atoms with Crippen LogP contribution in [-0.2, 0) is 18.5 Å². The van der Waals surface area contributed by atoms with Crippen molar-refractivity contribution in [3.05, 3.63) is 77.4 Å². The van der Waals surface area contributed by atoms with Crippen molar-refractivity contribution >= 4 is 10.8 Å². The Labute approximate surface area is 157 Å². The van der Waals surface area contributed by atoms with Crippen molar-refractivity contribution in [3.8, 4) is 5.75 Å². The lowest BCUT2D eigenvalue weighted by atomic mass is 9.87. The van der Waals surface area contributed by atoms with Gasteiger partial charge in [-0.15, -0.1) is 0 Å². The lowest BCUT2D eigenvalue weighted by molar-refractivity contribution is 0.311. The number of ether oxygens (including phenoxy) is 1. The Hall–Kier alpha value is -2.32. The van der Waals surface area contributed by atoms with Crippen molar-refractivity contribution in [1.29, 1.82) is 0 Å². The molecule has 0 unspecified atom stereocenters. The quantitative estimate of drug-likeness (QED) is 0.580. The fraction of sp³-hybridized carbons (Fsp3) is 0.333. The van der Waals surface area contributed by atoms with Crippen LogP contribution in [0.5, 0.6) is 5.75 Å². The summed E-state index contributed by atoms with van der Waals surface area (Å²) >= 11 is 0. The molecule has 136 valence electrons. The smallest absolute Gasteiger partial charge is 0.123 e. The number of methoxy groups -OCH3 is 1. The van der Waals surface area contributed by atoms with Gasteiger partial charge < -0.3 is 4.74 Å². The molecule has 26 heavy (non-hydrogen) atoms. The fourth-order valence-electron chi connectivity index (χ4n) is 3.42. The topological polar surface area (TPSA) is 12.5 Å². The molecule has 0 aliphatic heterocycles. The predicted molar refractivity (Wildman–Crippen MR) is 111 cm³/mol. The molecule has 0 saturated carbocycles. The van der Waals surface area contributed by atoms with Crippen LogP contribution in [0, 0.1) is 0 Å². The first-order valence-electron chi connectivity index (χ1n) is 9.21. The fourth-order valence-corrected chi connectivity index (χ4v) is 3.42. The van der Waals surface area contributed by atoms with Crippen LogP contribution < -0.4 is 4.74 Å². The first-order chi connectivity index (χ1) is 12.4. The second-order valence-electron chi connectivity index (χ2n) is 8.09. The zero-order valence-corrected chi connectivity index (χ0v) is 16.5. The maximum Gasteiger partial charge on any atom is 0.123 e. The van der Waals surface area contributed by atoms with Crippen molar-refractivity contribution in [1.82, 2.24) is 4.90 Å². The molecule has 0 aliphatic rings. The Balaban J connectivity index is 1.80. The van der Waals surface area contributed by atoms with E-state index in [0.29, 0.717) is 0 Å². The van der Waals surface area contributed by atoms with Crippen LogP contribution in [0.15, 0.2) is 60.7 Å². The second-order valence-corrected chi connectivity index (χ2v) is 8.09. The van der Waals surface area contributed by atoms with Gasteiger partial charge in [0.1, 0.15) is 5.75 Å². The third-order valence-corrected chi connectivity index (χ3v) is 4.92. The molecule has 0 fully saturated rings. The van der Waals surface area contributed by atoms with Gasteiger partial charge in [-0.1, -0.05) is 75.4 Å². The largest absolute Gasteiger partial charge is 0.496 e. The molecule has 0 amide bonds. The van der Waals surface area contributed by atoms with Gasteiger partial charge in [0.2, 0.25) is 0 Å². The first-order valence-corrected chi connectivity index (χ1v) is 9.21. The van der Waals surface area contributed by atoms with E-state index in [2.05, 4.69) is 93.4 Å². The average Bonchev–Trinajstić information content (AvgIpc) is 2.61. The van der Waals surface area contributed by atoms with Crippen LogP contribution in [0.2, 0.25) is 0 Å². The lowest BCUT2D eigenvalue weighted by Gasteiger charge is -2.22.